The van der Waals surface area contributed by atoms with Crippen molar-refractivity contribution >= 4 is 5.91 Å². The quantitative estimate of drug-likeness (QED) is 0.832. The molecule has 2 aliphatic heterocycles. The van der Waals surface area contributed by atoms with Crippen LogP contribution < -0.4 is 19.5 Å². The van der Waals surface area contributed by atoms with Gasteiger partial charge in [0.25, 0.3) is 0 Å². The molecule has 2 aliphatic rings. The molecule has 0 unspecified atom stereocenters. The van der Waals surface area contributed by atoms with E-state index in [-0.39, 0.29) is 11.9 Å². The van der Waals surface area contributed by atoms with E-state index in [1.54, 1.807) is 7.11 Å². The number of carbonyl (C=O) groups excluding carboxylic acids is 1. The average molecular weight is 382 g/mol. The van der Waals surface area contributed by atoms with E-state index in [9.17, 15) is 4.79 Å². The first kappa shape index (κ1) is 18.6. The van der Waals surface area contributed by atoms with Gasteiger partial charge < -0.3 is 19.5 Å². The molecule has 1 saturated heterocycles. The fourth-order valence-electron chi connectivity index (χ4n) is 3.84. The zero-order valence-corrected chi connectivity index (χ0v) is 16.1. The smallest absolute Gasteiger partial charge is 0.234 e. The predicted molar refractivity (Wildman–Crippen MR) is 106 cm³/mol. The van der Waals surface area contributed by atoms with Crippen LogP contribution in [0.5, 0.6) is 17.2 Å². The molecule has 2 aromatic carbocycles. The first-order valence-electron chi connectivity index (χ1n) is 9.76. The van der Waals surface area contributed by atoms with Gasteiger partial charge in [-0.2, -0.15) is 0 Å². The molecule has 0 spiro atoms. The number of amides is 1. The van der Waals surface area contributed by atoms with Crippen molar-refractivity contribution in [1.82, 2.24) is 10.2 Å². The molecule has 0 bridgehead atoms. The number of nitrogens with one attached hydrogen (secondary N) is 1. The van der Waals surface area contributed by atoms with Crippen molar-refractivity contribution in [1.29, 1.82) is 0 Å². The first-order valence-corrected chi connectivity index (χ1v) is 9.76. The number of hydrogen-bond donors (Lipinski definition) is 1. The maximum Gasteiger partial charge on any atom is 0.234 e. The largest absolute Gasteiger partial charge is 0.497 e. The SMILES string of the molecule is COc1ccc(CNC(=O)CN2CCC[C@H]2c2ccc3c(c2)OCCO3)cc1. The minimum Gasteiger partial charge on any atom is -0.497 e. The number of benzene rings is 2. The molecular formula is C22H26N2O4. The summed E-state index contributed by atoms with van der Waals surface area (Å²) in [5.74, 6) is 2.46. The summed E-state index contributed by atoms with van der Waals surface area (Å²) in [6.45, 7) is 3.02. The Morgan fingerprint density at radius 2 is 1.93 bits per heavy atom. The minimum absolute atomic E-state index is 0.0419. The van der Waals surface area contributed by atoms with Gasteiger partial charge in [0, 0.05) is 12.6 Å². The zero-order chi connectivity index (χ0) is 19.3. The monoisotopic (exact) mass is 382 g/mol. The van der Waals surface area contributed by atoms with Gasteiger partial charge in [-0.25, -0.2) is 0 Å². The highest BCUT2D eigenvalue weighted by molar-refractivity contribution is 5.78. The van der Waals surface area contributed by atoms with Gasteiger partial charge in [0.05, 0.1) is 13.7 Å². The van der Waals surface area contributed by atoms with Gasteiger partial charge in [0.2, 0.25) is 5.91 Å². The lowest BCUT2D eigenvalue weighted by Crippen LogP contribution is -2.36. The van der Waals surface area contributed by atoms with Crippen LogP contribution in [0.25, 0.3) is 0 Å². The van der Waals surface area contributed by atoms with Crippen LogP contribution in [0.4, 0.5) is 0 Å². The molecule has 4 rings (SSSR count). The second-order valence-corrected chi connectivity index (χ2v) is 7.16. The molecule has 0 radical (unpaired) electrons. The summed E-state index contributed by atoms with van der Waals surface area (Å²) in [5, 5.41) is 3.02. The van der Waals surface area contributed by atoms with E-state index < -0.39 is 0 Å². The van der Waals surface area contributed by atoms with Gasteiger partial charge in [-0.1, -0.05) is 18.2 Å². The van der Waals surface area contributed by atoms with Crippen LogP contribution in [0.3, 0.4) is 0 Å². The van der Waals surface area contributed by atoms with Gasteiger partial charge in [0.15, 0.2) is 11.5 Å². The molecule has 0 saturated carbocycles. The van der Waals surface area contributed by atoms with Crippen LogP contribution in [0, 0.1) is 0 Å². The second-order valence-electron chi connectivity index (χ2n) is 7.16. The zero-order valence-electron chi connectivity index (χ0n) is 16.1. The van der Waals surface area contributed by atoms with Crippen LogP contribution in [-0.2, 0) is 11.3 Å². The molecular weight excluding hydrogens is 356 g/mol. The Balaban J connectivity index is 1.35. The molecule has 1 atom stereocenters. The third kappa shape index (κ3) is 4.22. The van der Waals surface area contributed by atoms with Crippen molar-refractivity contribution in [2.75, 3.05) is 33.4 Å². The van der Waals surface area contributed by atoms with Crippen LogP contribution in [0.15, 0.2) is 42.5 Å². The number of ether oxygens (including phenoxy) is 3. The highest BCUT2D eigenvalue weighted by atomic mass is 16.6. The number of likely N-dealkylation sites (tertiary alicyclic amines) is 1. The number of fused-ring (bicyclic) bond motifs is 1. The molecule has 28 heavy (non-hydrogen) atoms. The van der Waals surface area contributed by atoms with Gasteiger partial charge in [-0.3, -0.25) is 9.69 Å². The molecule has 2 heterocycles. The minimum atomic E-state index is 0.0419. The third-order valence-corrected chi connectivity index (χ3v) is 5.31. The molecule has 6 heteroatoms. The molecule has 148 valence electrons. The van der Waals surface area contributed by atoms with E-state index in [0.29, 0.717) is 26.3 Å². The number of carbonyl (C=O) groups is 1. The number of methoxy groups -OCH3 is 1. The van der Waals surface area contributed by atoms with Gasteiger partial charge in [0.1, 0.15) is 19.0 Å². The average Bonchev–Trinajstić information content (AvgIpc) is 3.20. The lowest BCUT2D eigenvalue weighted by Gasteiger charge is -2.26. The summed E-state index contributed by atoms with van der Waals surface area (Å²) < 4.78 is 16.5. The Bertz CT molecular complexity index is 822. The standard InChI is InChI=1S/C22H26N2O4/c1-26-18-7-4-16(5-8-18)14-23-22(25)15-24-10-2-3-19(24)17-6-9-20-21(13-17)28-12-11-27-20/h4-9,13,19H,2-3,10-12,14-15H2,1H3,(H,23,25)/t19-/m0/s1. The molecule has 2 aromatic rings. The van der Waals surface area contributed by atoms with E-state index >= 15 is 0 Å². The second kappa shape index (κ2) is 8.52. The molecule has 1 N–H and O–H groups in total. The maximum atomic E-state index is 12.5. The van der Waals surface area contributed by atoms with Crippen LogP contribution in [-0.4, -0.2) is 44.2 Å². The molecule has 1 fully saturated rings. The van der Waals surface area contributed by atoms with Gasteiger partial charge in [-0.05, 0) is 54.8 Å². The molecule has 0 aromatic heterocycles. The van der Waals surface area contributed by atoms with E-state index in [0.717, 1.165) is 42.2 Å². The summed E-state index contributed by atoms with van der Waals surface area (Å²) >= 11 is 0. The fourth-order valence-corrected chi connectivity index (χ4v) is 3.84. The Morgan fingerprint density at radius 1 is 1.14 bits per heavy atom. The van der Waals surface area contributed by atoms with Crippen molar-refractivity contribution in [3.8, 4) is 17.2 Å². The third-order valence-electron chi connectivity index (χ3n) is 5.31. The summed E-state index contributed by atoms with van der Waals surface area (Å²) in [6.07, 6.45) is 2.14. The van der Waals surface area contributed by atoms with Crippen LogP contribution >= 0.6 is 0 Å². The Hall–Kier alpha value is -2.73. The Labute approximate surface area is 165 Å². The van der Waals surface area contributed by atoms with Gasteiger partial charge >= 0.3 is 0 Å². The van der Waals surface area contributed by atoms with E-state index in [1.165, 1.54) is 5.56 Å². The van der Waals surface area contributed by atoms with Gasteiger partial charge in [-0.15, -0.1) is 0 Å². The Morgan fingerprint density at radius 3 is 2.71 bits per heavy atom. The van der Waals surface area contributed by atoms with E-state index in [1.807, 2.05) is 30.3 Å². The number of nitrogens with zero attached hydrogens (tertiary/aromatic N) is 1. The summed E-state index contributed by atoms with van der Waals surface area (Å²) in [5.41, 5.74) is 2.24. The molecule has 6 nitrogen and oxygen atoms in total. The van der Waals surface area contributed by atoms with Crippen LogP contribution in [0.2, 0.25) is 0 Å². The van der Waals surface area contributed by atoms with Crippen molar-refractivity contribution in [2.24, 2.45) is 0 Å². The fraction of sp³-hybridized carbons (Fsp3) is 0.409. The molecule has 1 amide bonds. The van der Waals surface area contributed by atoms with Crippen molar-refractivity contribution in [3.63, 3.8) is 0 Å². The normalized spacial score (nSPS) is 18.7. The predicted octanol–water partition coefficient (Wildman–Crippen LogP) is 2.92. The first-order chi connectivity index (χ1) is 13.7. The summed E-state index contributed by atoms with van der Waals surface area (Å²) in [6, 6.07) is 14.1. The highest BCUT2D eigenvalue weighted by Gasteiger charge is 2.28. The lowest BCUT2D eigenvalue weighted by atomic mass is 10.0. The summed E-state index contributed by atoms with van der Waals surface area (Å²) in [7, 11) is 1.64. The van der Waals surface area contributed by atoms with E-state index in [2.05, 4.69) is 22.3 Å². The van der Waals surface area contributed by atoms with Crippen molar-refractivity contribution in [2.45, 2.75) is 25.4 Å². The number of rotatable bonds is 6. The number of hydrogen-bond acceptors (Lipinski definition) is 5. The van der Waals surface area contributed by atoms with Crippen molar-refractivity contribution < 1.29 is 19.0 Å². The molecule has 0 aliphatic carbocycles. The maximum absolute atomic E-state index is 12.5. The topological polar surface area (TPSA) is 60.0 Å². The highest BCUT2D eigenvalue weighted by Crippen LogP contribution is 2.37. The van der Waals surface area contributed by atoms with E-state index in [4.69, 9.17) is 14.2 Å². The Kier molecular flexibility index (Phi) is 5.67. The summed E-state index contributed by atoms with van der Waals surface area (Å²) in [4.78, 5) is 14.7. The van der Waals surface area contributed by atoms with Crippen molar-refractivity contribution in [3.05, 3.63) is 53.6 Å². The van der Waals surface area contributed by atoms with Crippen LogP contribution in [0.1, 0.15) is 30.0 Å². The lowest BCUT2D eigenvalue weighted by molar-refractivity contribution is -0.122.